The highest BCUT2D eigenvalue weighted by Gasteiger charge is 2.40. The van der Waals surface area contributed by atoms with Crippen molar-refractivity contribution in [3.8, 4) is 6.07 Å². The zero-order valence-corrected chi connectivity index (χ0v) is 11.1. The molecule has 0 bridgehead atoms. The van der Waals surface area contributed by atoms with E-state index in [0.717, 1.165) is 0 Å². The van der Waals surface area contributed by atoms with Crippen molar-refractivity contribution in [3.05, 3.63) is 47.0 Å². The van der Waals surface area contributed by atoms with Gasteiger partial charge in [0.05, 0.1) is 6.07 Å². The van der Waals surface area contributed by atoms with Crippen molar-refractivity contribution in [2.75, 3.05) is 0 Å². The Morgan fingerprint density at radius 1 is 1.45 bits per heavy atom. The molecule has 0 aliphatic carbocycles. The second-order valence-corrected chi connectivity index (χ2v) is 4.73. The molecule has 0 fully saturated rings. The van der Waals surface area contributed by atoms with Crippen molar-refractivity contribution >= 4 is 23.1 Å². The van der Waals surface area contributed by atoms with E-state index in [2.05, 4.69) is 5.32 Å². The molecule has 2 rings (SSSR count). The van der Waals surface area contributed by atoms with Gasteiger partial charge < -0.3 is 16.8 Å². The van der Waals surface area contributed by atoms with E-state index in [0.29, 0.717) is 0 Å². The van der Waals surface area contributed by atoms with E-state index >= 15 is 0 Å². The largest absolute Gasteiger partial charge is 0.390 e. The molecular formula is C13H11FN4OS. The van der Waals surface area contributed by atoms with Crippen molar-refractivity contribution in [1.82, 2.24) is 5.32 Å². The summed E-state index contributed by atoms with van der Waals surface area (Å²) in [5.41, 5.74) is 11.7. The summed E-state index contributed by atoms with van der Waals surface area (Å²) >= 11 is 4.91. The number of nitrogens with two attached hydrogens (primary N) is 2. The number of amides is 1. The number of hydrogen-bond acceptors (Lipinski definition) is 4. The molecule has 1 aliphatic heterocycles. The summed E-state index contributed by atoms with van der Waals surface area (Å²) in [5.74, 6) is -3.24. The van der Waals surface area contributed by atoms with Gasteiger partial charge in [-0.15, -0.1) is 0 Å². The molecule has 0 spiro atoms. The van der Waals surface area contributed by atoms with Crippen molar-refractivity contribution < 1.29 is 9.18 Å². The molecule has 0 saturated heterocycles. The lowest BCUT2D eigenvalue weighted by molar-refractivity contribution is -0.123. The molecule has 1 aromatic rings. The number of carbonyl (C=O) groups is 1. The maximum Gasteiger partial charge on any atom is 0.243 e. The maximum atomic E-state index is 14.0. The highest BCUT2D eigenvalue weighted by atomic mass is 32.1. The Kier molecular flexibility index (Phi) is 3.68. The van der Waals surface area contributed by atoms with Gasteiger partial charge in [0.1, 0.15) is 22.5 Å². The fraction of sp³-hybridized carbons (Fsp3) is 0.154. The average molecular weight is 290 g/mol. The first kappa shape index (κ1) is 14.0. The molecule has 1 aromatic carbocycles. The molecular weight excluding hydrogens is 279 g/mol. The number of nitriles is 1. The van der Waals surface area contributed by atoms with E-state index in [9.17, 15) is 14.4 Å². The van der Waals surface area contributed by atoms with Crippen LogP contribution >= 0.6 is 12.2 Å². The fourth-order valence-electron chi connectivity index (χ4n) is 2.24. The lowest BCUT2D eigenvalue weighted by atomic mass is 9.78. The Balaban J connectivity index is 2.69. The Bertz CT molecular complexity index is 665. The standard InChI is InChI=1S/C13H11FN4OS/c14-8-4-2-1-3-6(8)9-7(5-15)13(19)18-11(16)10(9)12(17)20/h1-4,7,9H,16H2,(H2,17,20)(H,18,19)/t7-,9-/m0/s1. The van der Waals surface area contributed by atoms with Crippen LogP contribution in [0.4, 0.5) is 4.39 Å². The predicted octanol–water partition coefficient (Wildman–Crippen LogP) is 0.635. The third-order valence-electron chi connectivity index (χ3n) is 3.12. The summed E-state index contributed by atoms with van der Waals surface area (Å²) in [7, 11) is 0. The van der Waals surface area contributed by atoms with Gasteiger partial charge in [-0.3, -0.25) is 4.79 Å². The summed E-state index contributed by atoms with van der Waals surface area (Å²) in [6.45, 7) is 0. The molecule has 5 nitrogen and oxygen atoms in total. The molecule has 1 amide bonds. The summed E-state index contributed by atoms with van der Waals surface area (Å²) in [4.78, 5) is 11.8. The molecule has 7 heteroatoms. The second kappa shape index (κ2) is 5.27. The molecule has 0 saturated carbocycles. The highest BCUT2D eigenvalue weighted by molar-refractivity contribution is 7.80. The quantitative estimate of drug-likeness (QED) is 0.693. The van der Waals surface area contributed by atoms with Crippen molar-refractivity contribution in [2.45, 2.75) is 5.92 Å². The smallest absolute Gasteiger partial charge is 0.243 e. The minimum atomic E-state index is -1.14. The van der Waals surface area contributed by atoms with Crippen molar-refractivity contribution in [2.24, 2.45) is 17.4 Å². The summed E-state index contributed by atoms with van der Waals surface area (Å²) < 4.78 is 14.0. The zero-order chi connectivity index (χ0) is 14.9. The normalized spacial score (nSPS) is 22.1. The summed E-state index contributed by atoms with van der Waals surface area (Å²) in [5, 5.41) is 11.5. The second-order valence-electron chi connectivity index (χ2n) is 4.29. The van der Waals surface area contributed by atoms with Gasteiger partial charge in [-0.05, 0) is 11.6 Å². The Hall–Kier alpha value is -2.46. The Labute approximate surface area is 120 Å². The van der Waals surface area contributed by atoms with Gasteiger partial charge in [-0.2, -0.15) is 5.26 Å². The first-order chi connectivity index (χ1) is 9.47. The van der Waals surface area contributed by atoms with Gasteiger partial charge in [0, 0.05) is 11.5 Å². The first-order valence-corrected chi connectivity index (χ1v) is 6.12. The van der Waals surface area contributed by atoms with E-state index in [-0.39, 0.29) is 21.9 Å². The number of carbonyl (C=O) groups excluding carboxylic acids is 1. The molecule has 2 atom stereocenters. The predicted molar refractivity (Wildman–Crippen MR) is 74.4 cm³/mol. The number of halogens is 1. The van der Waals surface area contributed by atoms with Crippen LogP contribution in [0.2, 0.25) is 0 Å². The van der Waals surface area contributed by atoms with Crippen LogP contribution in [-0.2, 0) is 4.79 Å². The molecule has 0 radical (unpaired) electrons. The molecule has 20 heavy (non-hydrogen) atoms. The van der Waals surface area contributed by atoms with Crippen LogP contribution in [0.15, 0.2) is 35.7 Å². The van der Waals surface area contributed by atoms with Crippen LogP contribution in [0, 0.1) is 23.1 Å². The number of benzene rings is 1. The molecule has 1 aliphatic rings. The lowest BCUT2D eigenvalue weighted by Gasteiger charge is -2.30. The van der Waals surface area contributed by atoms with Crippen LogP contribution < -0.4 is 16.8 Å². The molecule has 5 N–H and O–H groups in total. The van der Waals surface area contributed by atoms with Gasteiger partial charge in [0.15, 0.2) is 0 Å². The molecule has 0 aromatic heterocycles. The molecule has 1 heterocycles. The molecule has 102 valence electrons. The van der Waals surface area contributed by atoms with Crippen LogP contribution in [0.25, 0.3) is 0 Å². The van der Waals surface area contributed by atoms with Crippen molar-refractivity contribution in [1.29, 1.82) is 5.26 Å². The number of rotatable bonds is 2. The van der Waals surface area contributed by atoms with E-state index in [4.69, 9.17) is 23.7 Å². The van der Waals surface area contributed by atoms with Gasteiger partial charge in [0.25, 0.3) is 0 Å². The first-order valence-electron chi connectivity index (χ1n) is 5.71. The van der Waals surface area contributed by atoms with Gasteiger partial charge in [-0.1, -0.05) is 30.4 Å². The van der Waals surface area contributed by atoms with Gasteiger partial charge >= 0.3 is 0 Å². The molecule has 0 unspecified atom stereocenters. The number of hydrogen-bond donors (Lipinski definition) is 3. The fourth-order valence-corrected chi connectivity index (χ4v) is 2.48. The zero-order valence-electron chi connectivity index (χ0n) is 10.3. The van der Waals surface area contributed by atoms with Gasteiger partial charge in [-0.25, -0.2) is 4.39 Å². The topological polar surface area (TPSA) is 105 Å². The summed E-state index contributed by atoms with van der Waals surface area (Å²) in [6.07, 6.45) is 0. The maximum absolute atomic E-state index is 14.0. The monoisotopic (exact) mass is 290 g/mol. The number of nitrogens with one attached hydrogen (secondary N) is 1. The van der Waals surface area contributed by atoms with Crippen LogP contribution in [0.1, 0.15) is 11.5 Å². The summed E-state index contributed by atoms with van der Waals surface area (Å²) in [6, 6.07) is 7.69. The van der Waals surface area contributed by atoms with Crippen LogP contribution in [-0.4, -0.2) is 10.9 Å². The highest BCUT2D eigenvalue weighted by Crippen LogP contribution is 2.36. The Morgan fingerprint density at radius 3 is 2.65 bits per heavy atom. The lowest BCUT2D eigenvalue weighted by Crippen LogP contribution is -2.45. The number of nitrogens with zero attached hydrogens (tertiary/aromatic N) is 1. The Morgan fingerprint density at radius 2 is 2.10 bits per heavy atom. The van der Waals surface area contributed by atoms with E-state index in [1.54, 1.807) is 6.07 Å². The van der Waals surface area contributed by atoms with E-state index in [1.165, 1.54) is 18.2 Å². The van der Waals surface area contributed by atoms with Crippen molar-refractivity contribution in [3.63, 3.8) is 0 Å². The van der Waals surface area contributed by atoms with Gasteiger partial charge in [0.2, 0.25) is 5.91 Å². The minimum Gasteiger partial charge on any atom is -0.390 e. The third kappa shape index (κ3) is 2.21. The van der Waals surface area contributed by atoms with Crippen LogP contribution in [0.5, 0.6) is 0 Å². The minimum absolute atomic E-state index is 0.0396. The van der Waals surface area contributed by atoms with E-state index in [1.807, 2.05) is 6.07 Å². The SMILES string of the molecule is N#C[C@@H]1C(=O)NC(N)=C(C(N)=S)[C@H]1c1ccccc1F. The number of thiocarbonyl (C=S) groups is 1. The van der Waals surface area contributed by atoms with Crippen LogP contribution in [0.3, 0.4) is 0 Å². The van der Waals surface area contributed by atoms with E-state index < -0.39 is 23.6 Å². The average Bonchev–Trinajstić information content (AvgIpc) is 2.38. The third-order valence-corrected chi connectivity index (χ3v) is 3.34.